The van der Waals surface area contributed by atoms with E-state index >= 15 is 0 Å². The summed E-state index contributed by atoms with van der Waals surface area (Å²) in [6, 6.07) is 8.62. The first kappa shape index (κ1) is 17.6. The lowest BCUT2D eigenvalue weighted by Gasteiger charge is -2.22. The Morgan fingerprint density at radius 3 is 2.64 bits per heavy atom. The van der Waals surface area contributed by atoms with E-state index in [1.165, 1.54) is 12.1 Å². The molecule has 2 aromatic rings. The third-order valence-corrected chi connectivity index (χ3v) is 4.87. The van der Waals surface area contributed by atoms with Gasteiger partial charge in [0.25, 0.3) is 0 Å². The Morgan fingerprint density at radius 1 is 1.32 bits per heavy atom. The minimum atomic E-state index is -0.256. The second kappa shape index (κ2) is 7.35. The Labute approximate surface area is 147 Å². The van der Waals surface area contributed by atoms with Gasteiger partial charge in [-0.1, -0.05) is 17.3 Å². The van der Waals surface area contributed by atoms with Crippen LogP contribution >= 0.6 is 0 Å². The molecule has 5 nitrogen and oxygen atoms in total. The normalized spacial score (nSPS) is 23.0. The van der Waals surface area contributed by atoms with Crippen molar-refractivity contribution in [3.63, 3.8) is 0 Å². The van der Waals surface area contributed by atoms with Gasteiger partial charge in [-0.25, -0.2) is 4.39 Å². The van der Waals surface area contributed by atoms with Crippen LogP contribution in [0.25, 0.3) is 0 Å². The van der Waals surface area contributed by atoms with Crippen LogP contribution in [0.5, 0.6) is 0 Å². The maximum atomic E-state index is 13.2. The van der Waals surface area contributed by atoms with Crippen molar-refractivity contribution in [2.75, 3.05) is 14.1 Å². The molecule has 1 amide bonds. The van der Waals surface area contributed by atoms with E-state index in [1.54, 1.807) is 31.1 Å². The molecule has 1 heterocycles. The lowest BCUT2D eigenvalue weighted by molar-refractivity contribution is -0.133. The average Bonchev–Trinajstić information content (AvgIpc) is 3.19. The Hall–Kier alpha value is -2.21. The third kappa shape index (κ3) is 4.07. The van der Waals surface area contributed by atoms with Gasteiger partial charge in [0.2, 0.25) is 5.91 Å². The fraction of sp³-hybridized carbons (Fsp3) is 0.474. The summed E-state index contributed by atoms with van der Waals surface area (Å²) in [7, 11) is 3.56. The van der Waals surface area contributed by atoms with Crippen LogP contribution in [0.3, 0.4) is 0 Å². The van der Waals surface area contributed by atoms with Gasteiger partial charge in [0.15, 0.2) is 0 Å². The average molecular weight is 345 g/mol. The molecule has 134 valence electrons. The second-order valence-electron chi connectivity index (χ2n) is 6.98. The van der Waals surface area contributed by atoms with E-state index in [9.17, 15) is 9.18 Å². The summed E-state index contributed by atoms with van der Waals surface area (Å²) in [5.41, 5.74) is 1.88. The van der Waals surface area contributed by atoms with Gasteiger partial charge in [0.1, 0.15) is 11.6 Å². The minimum absolute atomic E-state index is 0.0899. The fourth-order valence-corrected chi connectivity index (χ4v) is 3.64. The van der Waals surface area contributed by atoms with E-state index in [0.29, 0.717) is 6.54 Å². The van der Waals surface area contributed by atoms with E-state index in [-0.39, 0.29) is 29.6 Å². The smallest absolute Gasteiger partial charge is 0.225 e. The Kier molecular flexibility index (Phi) is 5.18. The summed E-state index contributed by atoms with van der Waals surface area (Å²) in [6.45, 7) is 2.48. The molecule has 0 radical (unpaired) electrons. The molecule has 1 aliphatic rings. The molecule has 1 N–H and O–H groups in total. The van der Waals surface area contributed by atoms with E-state index < -0.39 is 0 Å². The number of nitrogens with one attached hydrogen (secondary N) is 1. The summed E-state index contributed by atoms with van der Waals surface area (Å²) >= 11 is 0. The monoisotopic (exact) mass is 345 g/mol. The fourth-order valence-electron chi connectivity index (χ4n) is 3.64. The van der Waals surface area contributed by atoms with Gasteiger partial charge in [-0.15, -0.1) is 0 Å². The van der Waals surface area contributed by atoms with Gasteiger partial charge in [-0.05, 0) is 43.4 Å². The van der Waals surface area contributed by atoms with Crippen LogP contribution in [0.15, 0.2) is 34.9 Å². The summed E-state index contributed by atoms with van der Waals surface area (Å²) in [5, 5.41) is 7.47. The SMILES string of the molecule is Cc1cc(CN[C@@H]2C[C@H](C(=O)N(C)C)[C@@H](c3ccc(F)cc3)C2)no1. The standard InChI is InChI=1S/C19H24FN3O2/c1-12-8-16(22-25-12)11-21-15-9-17(13-4-6-14(20)7-5-13)18(10-15)19(24)23(2)3/h4-8,15,17-18,21H,9-11H2,1-3H3/t15-,17+,18-/m0/s1. The second-order valence-corrected chi connectivity index (χ2v) is 6.98. The molecule has 0 aliphatic heterocycles. The first-order chi connectivity index (χ1) is 11.9. The minimum Gasteiger partial charge on any atom is -0.361 e. The molecule has 3 atom stereocenters. The molecule has 25 heavy (non-hydrogen) atoms. The molecule has 0 unspecified atom stereocenters. The molecule has 1 fully saturated rings. The molecular weight excluding hydrogens is 321 g/mol. The Bertz CT molecular complexity index is 727. The number of carbonyl (C=O) groups excluding carboxylic acids is 1. The Balaban J connectivity index is 1.72. The highest BCUT2D eigenvalue weighted by Gasteiger charge is 2.40. The highest BCUT2D eigenvalue weighted by molar-refractivity contribution is 5.80. The van der Waals surface area contributed by atoms with Crippen molar-refractivity contribution in [2.24, 2.45) is 5.92 Å². The summed E-state index contributed by atoms with van der Waals surface area (Å²) in [4.78, 5) is 14.3. The number of hydrogen-bond acceptors (Lipinski definition) is 4. The van der Waals surface area contributed by atoms with Crippen LogP contribution in [0.4, 0.5) is 4.39 Å². The lowest BCUT2D eigenvalue weighted by Crippen LogP contribution is -2.32. The number of aryl methyl sites for hydroxylation is 1. The van der Waals surface area contributed by atoms with Crippen molar-refractivity contribution in [2.45, 2.75) is 38.3 Å². The number of halogens is 1. The maximum absolute atomic E-state index is 13.2. The summed E-state index contributed by atoms with van der Waals surface area (Å²) in [5.74, 6) is 0.640. The maximum Gasteiger partial charge on any atom is 0.225 e. The third-order valence-electron chi connectivity index (χ3n) is 4.87. The predicted molar refractivity (Wildman–Crippen MR) is 92.4 cm³/mol. The number of rotatable bonds is 5. The molecule has 1 aliphatic carbocycles. The quantitative estimate of drug-likeness (QED) is 0.905. The van der Waals surface area contributed by atoms with Gasteiger partial charge >= 0.3 is 0 Å². The van der Waals surface area contributed by atoms with Crippen LogP contribution in [-0.4, -0.2) is 36.1 Å². The first-order valence-electron chi connectivity index (χ1n) is 8.56. The zero-order chi connectivity index (χ0) is 18.0. The molecule has 0 saturated heterocycles. The van der Waals surface area contributed by atoms with Gasteiger partial charge in [-0.3, -0.25) is 4.79 Å². The van der Waals surface area contributed by atoms with Crippen LogP contribution in [0.1, 0.15) is 35.8 Å². The van der Waals surface area contributed by atoms with Gasteiger partial charge in [-0.2, -0.15) is 0 Å². The van der Waals surface area contributed by atoms with Crippen molar-refractivity contribution in [1.29, 1.82) is 0 Å². The first-order valence-corrected chi connectivity index (χ1v) is 8.56. The topological polar surface area (TPSA) is 58.4 Å². The highest BCUT2D eigenvalue weighted by Crippen LogP contribution is 2.40. The molecule has 0 spiro atoms. The zero-order valence-corrected chi connectivity index (χ0v) is 14.8. The van der Waals surface area contributed by atoms with E-state index in [2.05, 4.69) is 10.5 Å². The zero-order valence-electron chi connectivity index (χ0n) is 14.8. The van der Waals surface area contributed by atoms with Gasteiger partial charge < -0.3 is 14.7 Å². The van der Waals surface area contributed by atoms with Crippen LogP contribution in [-0.2, 0) is 11.3 Å². The number of hydrogen-bond donors (Lipinski definition) is 1. The summed E-state index contributed by atoms with van der Waals surface area (Å²) < 4.78 is 18.3. The molecule has 1 aromatic heterocycles. The van der Waals surface area contributed by atoms with Crippen molar-refractivity contribution >= 4 is 5.91 Å². The van der Waals surface area contributed by atoms with Gasteiger partial charge in [0.05, 0.1) is 5.69 Å². The van der Waals surface area contributed by atoms with Crippen LogP contribution < -0.4 is 5.32 Å². The Morgan fingerprint density at radius 2 is 2.04 bits per heavy atom. The molecule has 0 bridgehead atoms. The lowest BCUT2D eigenvalue weighted by atomic mass is 9.88. The van der Waals surface area contributed by atoms with Crippen molar-refractivity contribution in [3.05, 3.63) is 53.2 Å². The van der Waals surface area contributed by atoms with E-state index in [0.717, 1.165) is 29.9 Å². The number of aromatic nitrogens is 1. The largest absolute Gasteiger partial charge is 0.361 e. The summed E-state index contributed by atoms with van der Waals surface area (Å²) in [6.07, 6.45) is 1.60. The number of amides is 1. The molecule has 1 saturated carbocycles. The molecule has 6 heteroatoms. The van der Waals surface area contributed by atoms with Crippen molar-refractivity contribution < 1.29 is 13.7 Å². The molecule has 1 aromatic carbocycles. The van der Waals surface area contributed by atoms with Crippen molar-refractivity contribution in [1.82, 2.24) is 15.4 Å². The highest BCUT2D eigenvalue weighted by atomic mass is 19.1. The number of benzene rings is 1. The van der Waals surface area contributed by atoms with Gasteiger partial charge in [0, 0.05) is 38.7 Å². The van der Waals surface area contributed by atoms with Crippen LogP contribution in [0, 0.1) is 18.7 Å². The van der Waals surface area contributed by atoms with E-state index in [4.69, 9.17) is 4.52 Å². The van der Waals surface area contributed by atoms with Crippen molar-refractivity contribution in [3.8, 4) is 0 Å². The predicted octanol–water partition coefficient (Wildman–Crippen LogP) is 2.86. The number of carbonyl (C=O) groups is 1. The molecule has 3 rings (SSSR count). The van der Waals surface area contributed by atoms with E-state index in [1.807, 2.05) is 13.0 Å². The number of nitrogens with zero attached hydrogens (tertiary/aromatic N) is 2. The molecular formula is C19H24FN3O2. The van der Waals surface area contributed by atoms with Crippen LogP contribution in [0.2, 0.25) is 0 Å².